The van der Waals surface area contributed by atoms with Gasteiger partial charge in [0.05, 0.1) is 12.6 Å². The molecule has 0 spiro atoms. The molecule has 0 aromatic heterocycles. The van der Waals surface area contributed by atoms with Gasteiger partial charge in [-0.15, -0.1) is 0 Å². The largest absolute Gasteiger partial charge is 0.387 e. The minimum atomic E-state index is -0.611. The number of aliphatic hydroxyl groups excluding tert-OH is 1. The lowest BCUT2D eigenvalue weighted by molar-refractivity contribution is 0.181. The molecule has 1 unspecified atom stereocenters. The van der Waals surface area contributed by atoms with Gasteiger partial charge in [-0.1, -0.05) is 42.0 Å². The molecule has 0 fully saturated rings. The van der Waals surface area contributed by atoms with Gasteiger partial charge in [0.25, 0.3) is 0 Å². The van der Waals surface area contributed by atoms with E-state index in [0.29, 0.717) is 19.0 Å². The van der Waals surface area contributed by atoms with Crippen LogP contribution in [0.1, 0.15) is 29.7 Å². The van der Waals surface area contributed by atoms with Crippen LogP contribution in [0.5, 0.6) is 0 Å². The predicted molar refractivity (Wildman–Crippen MR) is 95.4 cm³/mol. The fraction of sp³-hybridized carbons (Fsp3) is 0.316. The van der Waals surface area contributed by atoms with Crippen LogP contribution in [0.2, 0.25) is 0 Å². The van der Waals surface area contributed by atoms with E-state index in [-0.39, 0.29) is 5.82 Å². The zero-order chi connectivity index (χ0) is 17.4. The Bertz CT molecular complexity index is 653. The summed E-state index contributed by atoms with van der Waals surface area (Å²) >= 11 is 0. The molecule has 0 aliphatic carbocycles. The predicted octanol–water partition coefficient (Wildman–Crippen LogP) is 2.92. The first-order chi connectivity index (χ1) is 11.6. The summed E-state index contributed by atoms with van der Waals surface area (Å²) in [7, 11) is 0. The number of nitrogens with one attached hydrogen (secondary N) is 2. The van der Waals surface area contributed by atoms with Crippen LogP contribution in [0.15, 0.2) is 53.5 Å². The molecule has 0 radical (unpaired) electrons. The van der Waals surface area contributed by atoms with Crippen molar-refractivity contribution < 1.29 is 9.50 Å². The maximum Gasteiger partial charge on any atom is 0.191 e. The molecule has 3 N–H and O–H groups in total. The van der Waals surface area contributed by atoms with E-state index in [0.717, 1.165) is 23.2 Å². The average molecular weight is 329 g/mol. The summed E-state index contributed by atoms with van der Waals surface area (Å²) in [5, 5.41) is 16.5. The van der Waals surface area contributed by atoms with Crippen LogP contribution in [0.25, 0.3) is 0 Å². The molecular formula is C19H24FN3O. The topological polar surface area (TPSA) is 56.7 Å². The van der Waals surface area contributed by atoms with Crippen LogP contribution in [-0.4, -0.2) is 24.2 Å². The second kappa shape index (κ2) is 9.03. The van der Waals surface area contributed by atoms with Gasteiger partial charge >= 0.3 is 0 Å². The molecule has 0 saturated carbocycles. The number of aliphatic imine (C=N–C) groups is 1. The van der Waals surface area contributed by atoms with Gasteiger partial charge in [-0.25, -0.2) is 9.38 Å². The van der Waals surface area contributed by atoms with Gasteiger partial charge in [-0.05, 0) is 37.1 Å². The van der Waals surface area contributed by atoms with Gasteiger partial charge in [-0.3, -0.25) is 0 Å². The molecule has 0 aliphatic heterocycles. The number of aliphatic hydroxyl groups is 1. The number of hydrogen-bond acceptors (Lipinski definition) is 2. The molecule has 4 nitrogen and oxygen atoms in total. The number of aryl methyl sites for hydroxylation is 1. The van der Waals surface area contributed by atoms with Crippen LogP contribution in [0.3, 0.4) is 0 Å². The standard InChI is InChI=1S/C19H24FN3O/c1-3-21-19(22-12-15-6-10-17(20)11-7-15)23-13-18(24)16-8-4-14(2)5-9-16/h4-11,18,24H,3,12-13H2,1-2H3,(H2,21,22,23). The van der Waals surface area contributed by atoms with Crippen molar-refractivity contribution >= 4 is 5.96 Å². The van der Waals surface area contributed by atoms with Crippen molar-refractivity contribution in [1.82, 2.24) is 10.6 Å². The summed E-state index contributed by atoms with van der Waals surface area (Å²) in [6.45, 7) is 5.51. The van der Waals surface area contributed by atoms with Crippen LogP contribution in [0.4, 0.5) is 4.39 Å². The number of hydrogen-bond donors (Lipinski definition) is 3. The molecule has 24 heavy (non-hydrogen) atoms. The zero-order valence-electron chi connectivity index (χ0n) is 14.1. The monoisotopic (exact) mass is 329 g/mol. The van der Waals surface area contributed by atoms with E-state index < -0.39 is 6.10 Å². The Labute approximate surface area is 142 Å². The molecule has 0 amide bonds. The van der Waals surface area contributed by atoms with Crippen LogP contribution in [-0.2, 0) is 6.54 Å². The fourth-order valence-corrected chi connectivity index (χ4v) is 2.20. The summed E-state index contributed by atoms with van der Waals surface area (Å²) < 4.78 is 12.9. The van der Waals surface area contributed by atoms with E-state index in [1.807, 2.05) is 38.1 Å². The second-order valence-electron chi connectivity index (χ2n) is 5.63. The smallest absolute Gasteiger partial charge is 0.191 e. The van der Waals surface area contributed by atoms with Gasteiger partial charge in [0.15, 0.2) is 5.96 Å². The number of halogens is 1. The molecule has 0 bridgehead atoms. The van der Waals surface area contributed by atoms with Crippen molar-refractivity contribution in [3.8, 4) is 0 Å². The summed E-state index contributed by atoms with van der Waals surface area (Å²) in [6, 6.07) is 14.1. The number of benzene rings is 2. The van der Waals surface area contributed by atoms with E-state index >= 15 is 0 Å². The van der Waals surface area contributed by atoms with Crippen molar-refractivity contribution in [3.63, 3.8) is 0 Å². The van der Waals surface area contributed by atoms with Crippen molar-refractivity contribution in [2.75, 3.05) is 13.1 Å². The van der Waals surface area contributed by atoms with Gasteiger partial charge in [0.1, 0.15) is 5.82 Å². The Morgan fingerprint density at radius 3 is 2.38 bits per heavy atom. The van der Waals surface area contributed by atoms with Crippen LogP contribution in [0, 0.1) is 12.7 Å². The number of nitrogens with zero attached hydrogens (tertiary/aromatic N) is 1. The van der Waals surface area contributed by atoms with E-state index in [9.17, 15) is 9.50 Å². The Kier molecular flexibility index (Phi) is 6.75. The fourth-order valence-electron chi connectivity index (χ4n) is 2.20. The molecule has 0 saturated heterocycles. The third kappa shape index (κ3) is 5.66. The highest BCUT2D eigenvalue weighted by Crippen LogP contribution is 2.12. The highest BCUT2D eigenvalue weighted by atomic mass is 19.1. The second-order valence-corrected chi connectivity index (χ2v) is 5.63. The molecule has 0 heterocycles. The third-order valence-electron chi connectivity index (χ3n) is 3.60. The summed E-state index contributed by atoms with van der Waals surface area (Å²) in [5.74, 6) is 0.363. The van der Waals surface area contributed by atoms with E-state index in [1.165, 1.54) is 12.1 Å². The number of rotatable bonds is 6. The van der Waals surface area contributed by atoms with Gasteiger partial charge < -0.3 is 15.7 Å². The van der Waals surface area contributed by atoms with Gasteiger partial charge in [0.2, 0.25) is 0 Å². The molecular weight excluding hydrogens is 305 g/mol. The average Bonchev–Trinajstić information content (AvgIpc) is 2.59. The van der Waals surface area contributed by atoms with Gasteiger partial charge in [0, 0.05) is 13.1 Å². The molecule has 2 aromatic carbocycles. The lowest BCUT2D eigenvalue weighted by atomic mass is 10.1. The summed E-state index contributed by atoms with van der Waals surface area (Å²) in [6.07, 6.45) is -0.611. The third-order valence-corrected chi connectivity index (χ3v) is 3.60. The first-order valence-electron chi connectivity index (χ1n) is 8.09. The number of guanidine groups is 1. The zero-order valence-corrected chi connectivity index (χ0v) is 14.1. The first-order valence-corrected chi connectivity index (χ1v) is 8.09. The van der Waals surface area contributed by atoms with E-state index in [1.54, 1.807) is 12.1 Å². The van der Waals surface area contributed by atoms with E-state index in [2.05, 4.69) is 15.6 Å². The Morgan fingerprint density at radius 2 is 1.75 bits per heavy atom. The molecule has 5 heteroatoms. The maximum absolute atomic E-state index is 12.9. The molecule has 0 aliphatic rings. The highest BCUT2D eigenvalue weighted by Gasteiger charge is 2.08. The van der Waals surface area contributed by atoms with Crippen LogP contribution < -0.4 is 10.6 Å². The minimum absolute atomic E-state index is 0.256. The normalized spacial score (nSPS) is 12.8. The Balaban J connectivity index is 1.93. The van der Waals surface area contributed by atoms with Crippen molar-refractivity contribution in [3.05, 3.63) is 71.0 Å². The van der Waals surface area contributed by atoms with Crippen molar-refractivity contribution in [2.45, 2.75) is 26.5 Å². The summed E-state index contributed by atoms with van der Waals surface area (Å²) in [4.78, 5) is 4.45. The quantitative estimate of drug-likeness (QED) is 0.564. The first kappa shape index (κ1) is 17.9. The Morgan fingerprint density at radius 1 is 1.08 bits per heavy atom. The summed E-state index contributed by atoms with van der Waals surface area (Å²) in [5.41, 5.74) is 2.95. The van der Waals surface area contributed by atoms with Gasteiger partial charge in [-0.2, -0.15) is 0 Å². The van der Waals surface area contributed by atoms with E-state index in [4.69, 9.17) is 0 Å². The minimum Gasteiger partial charge on any atom is -0.387 e. The molecule has 2 rings (SSSR count). The molecule has 128 valence electrons. The lowest BCUT2D eigenvalue weighted by Crippen LogP contribution is -2.39. The highest BCUT2D eigenvalue weighted by molar-refractivity contribution is 5.79. The SMILES string of the molecule is CCNC(=NCc1ccc(F)cc1)NCC(O)c1ccc(C)cc1. The maximum atomic E-state index is 12.9. The molecule has 2 aromatic rings. The lowest BCUT2D eigenvalue weighted by Gasteiger charge is -2.15. The Hall–Kier alpha value is -2.40. The van der Waals surface area contributed by atoms with Crippen molar-refractivity contribution in [2.24, 2.45) is 4.99 Å². The molecule has 1 atom stereocenters. The van der Waals surface area contributed by atoms with Crippen LogP contribution >= 0.6 is 0 Å². The van der Waals surface area contributed by atoms with Crippen molar-refractivity contribution in [1.29, 1.82) is 0 Å².